The summed E-state index contributed by atoms with van der Waals surface area (Å²) >= 11 is 0. The van der Waals surface area contributed by atoms with Crippen molar-refractivity contribution in [3.63, 3.8) is 0 Å². The fourth-order valence-corrected chi connectivity index (χ4v) is 1.80. The number of hydrogen-bond donors (Lipinski definition) is 4. The highest BCUT2D eigenvalue weighted by molar-refractivity contribution is 5.70. The maximum atomic E-state index is 10.9. The second-order valence-corrected chi connectivity index (χ2v) is 4.62. The predicted octanol–water partition coefficient (Wildman–Crippen LogP) is 2.41. The van der Waals surface area contributed by atoms with Crippen LogP contribution in [-0.2, 0) is 0 Å². The third kappa shape index (κ3) is 4.16. The van der Waals surface area contributed by atoms with Crippen LogP contribution in [0.4, 0.5) is 22.7 Å². The van der Waals surface area contributed by atoms with Crippen molar-refractivity contribution in [3.8, 4) is 0 Å². The van der Waals surface area contributed by atoms with Gasteiger partial charge in [-0.05, 0) is 30.3 Å². The molecule has 2 aromatic rings. The molecule has 2 aromatic carbocycles. The highest BCUT2D eigenvalue weighted by atomic mass is 16.6. The first-order chi connectivity index (χ1) is 9.85. The van der Waals surface area contributed by atoms with Crippen molar-refractivity contribution in [2.24, 2.45) is 0 Å². The fourth-order valence-electron chi connectivity index (χ4n) is 1.80. The van der Waals surface area contributed by atoms with Crippen LogP contribution < -0.4 is 10.6 Å². The van der Waals surface area contributed by atoms with Crippen LogP contribution in [0.5, 0.6) is 0 Å². The van der Waals surface area contributed by atoms with E-state index in [0.717, 1.165) is 0 Å². The molecule has 0 saturated carbocycles. The summed E-state index contributed by atoms with van der Waals surface area (Å²) in [6, 6.07) is 12.9. The van der Waals surface area contributed by atoms with Crippen molar-refractivity contribution in [1.82, 2.24) is 0 Å². The van der Waals surface area contributed by atoms with E-state index in [4.69, 9.17) is 0 Å². The molecule has 21 heavy (non-hydrogen) atoms. The van der Waals surface area contributed by atoms with Crippen LogP contribution >= 0.6 is 0 Å². The minimum atomic E-state index is -2.01. The molecule has 0 saturated heterocycles. The molecule has 0 fully saturated rings. The van der Waals surface area contributed by atoms with Crippen molar-refractivity contribution in [1.29, 1.82) is 0 Å². The number of nitro benzene ring substituents is 1. The van der Waals surface area contributed by atoms with Gasteiger partial charge in [-0.3, -0.25) is 10.1 Å². The number of benzene rings is 2. The third-order valence-corrected chi connectivity index (χ3v) is 2.65. The first-order valence-corrected chi connectivity index (χ1v) is 6.18. The van der Waals surface area contributed by atoms with E-state index < -0.39 is 10.8 Å². The van der Waals surface area contributed by atoms with Crippen LogP contribution in [0.1, 0.15) is 6.92 Å². The lowest BCUT2D eigenvalue weighted by Gasteiger charge is -2.19. The molecule has 2 rings (SSSR count). The summed E-state index contributed by atoms with van der Waals surface area (Å²) in [4.78, 5) is 10.5. The first-order valence-electron chi connectivity index (χ1n) is 6.18. The molecule has 7 nitrogen and oxygen atoms in total. The molecule has 0 bridgehead atoms. The Balaban J connectivity index is 2.16. The van der Waals surface area contributed by atoms with E-state index in [1.54, 1.807) is 42.5 Å². The van der Waals surface area contributed by atoms with Gasteiger partial charge < -0.3 is 20.8 Å². The molecule has 0 aliphatic heterocycles. The summed E-state index contributed by atoms with van der Waals surface area (Å²) < 4.78 is 0. The summed E-state index contributed by atoms with van der Waals surface area (Å²) in [5.41, 5.74) is 1.53. The van der Waals surface area contributed by atoms with Crippen LogP contribution in [0.15, 0.2) is 48.5 Å². The van der Waals surface area contributed by atoms with Gasteiger partial charge in [-0.15, -0.1) is 0 Å². The number of nitrogens with one attached hydrogen (secondary N) is 2. The zero-order chi connectivity index (χ0) is 15.5. The molecule has 0 amide bonds. The molecule has 4 N–H and O–H groups in total. The Morgan fingerprint density at radius 1 is 1.05 bits per heavy atom. The summed E-state index contributed by atoms with van der Waals surface area (Å²) in [5, 5.41) is 34.8. The van der Waals surface area contributed by atoms with Crippen molar-refractivity contribution >= 4 is 22.7 Å². The Morgan fingerprint density at radius 2 is 1.62 bits per heavy atom. The Labute approximate surface area is 121 Å². The number of nitro groups is 1. The Bertz CT molecular complexity index is 635. The van der Waals surface area contributed by atoms with Crippen molar-refractivity contribution in [3.05, 3.63) is 58.6 Å². The fraction of sp³-hybridized carbons (Fsp3) is 0.143. The quantitative estimate of drug-likeness (QED) is 0.382. The lowest BCUT2D eigenvalue weighted by Crippen LogP contribution is -2.33. The number of aliphatic hydroxyl groups is 2. The highest BCUT2D eigenvalue weighted by Crippen LogP contribution is 2.27. The maximum Gasteiger partial charge on any atom is 0.292 e. The second-order valence-electron chi connectivity index (χ2n) is 4.62. The number of hydrogen-bond acceptors (Lipinski definition) is 6. The molecule has 7 heteroatoms. The zero-order valence-electron chi connectivity index (χ0n) is 11.3. The van der Waals surface area contributed by atoms with E-state index >= 15 is 0 Å². The van der Waals surface area contributed by atoms with Crippen molar-refractivity contribution in [2.45, 2.75) is 12.8 Å². The monoisotopic (exact) mass is 289 g/mol. The Kier molecular flexibility index (Phi) is 4.06. The zero-order valence-corrected chi connectivity index (χ0v) is 11.3. The molecule has 0 unspecified atom stereocenters. The van der Waals surface area contributed by atoms with Crippen LogP contribution in [0.3, 0.4) is 0 Å². The van der Waals surface area contributed by atoms with Crippen LogP contribution in [-0.4, -0.2) is 21.0 Å². The van der Waals surface area contributed by atoms with Gasteiger partial charge in [-0.2, -0.15) is 0 Å². The van der Waals surface area contributed by atoms with E-state index in [1.807, 2.05) is 0 Å². The van der Waals surface area contributed by atoms with Crippen molar-refractivity contribution in [2.75, 3.05) is 10.6 Å². The van der Waals surface area contributed by atoms with E-state index in [2.05, 4.69) is 10.6 Å². The normalized spacial score (nSPS) is 11.0. The Morgan fingerprint density at radius 3 is 2.19 bits per heavy atom. The Hall–Kier alpha value is -2.64. The molecule has 0 spiro atoms. The van der Waals surface area contributed by atoms with Gasteiger partial charge in [0.1, 0.15) is 5.69 Å². The van der Waals surface area contributed by atoms with Gasteiger partial charge in [0.2, 0.25) is 5.91 Å². The summed E-state index contributed by atoms with van der Waals surface area (Å²) in [6.45, 7) is 1.20. The van der Waals surface area contributed by atoms with Gasteiger partial charge in [0.25, 0.3) is 5.69 Å². The average Bonchev–Trinajstić information content (AvgIpc) is 2.40. The topological polar surface area (TPSA) is 108 Å². The van der Waals surface area contributed by atoms with Gasteiger partial charge in [-0.25, -0.2) is 0 Å². The first kappa shape index (κ1) is 14.8. The number of anilines is 3. The molecule has 0 heterocycles. The van der Waals surface area contributed by atoms with Gasteiger partial charge >= 0.3 is 0 Å². The number of para-hydroxylation sites is 2. The standard InChI is InChI=1S/C14H15N3O4/c1-14(18,19)16-11-8-6-10(7-9-11)15-12-4-2-3-5-13(12)17(20)21/h2-9,15-16,18-19H,1H3. The lowest BCUT2D eigenvalue weighted by atomic mass is 10.2. The largest absolute Gasteiger partial charge is 0.350 e. The maximum absolute atomic E-state index is 10.9. The summed E-state index contributed by atoms with van der Waals surface area (Å²) in [5.74, 6) is -2.01. The molecule has 0 aromatic heterocycles. The van der Waals surface area contributed by atoms with Crippen LogP contribution in [0, 0.1) is 10.1 Å². The minimum absolute atomic E-state index is 0.0157. The van der Waals surface area contributed by atoms with E-state index in [0.29, 0.717) is 17.1 Å². The molecule has 0 aliphatic rings. The summed E-state index contributed by atoms with van der Waals surface area (Å²) in [6.07, 6.45) is 0. The SMILES string of the molecule is CC(O)(O)Nc1ccc(Nc2ccccc2[N+](=O)[O-])cc1. The second kappa shape index (κ2) is 5.78. The molecule has 0 aliphatic carbocycles. The van der Waals surface area contributed by atoms with E-state index in [-0.39, 0.29) is 5.69 Å². The van der Waals surface area contributed by atoms with E-state index in [9.17, 15) is 20.3 Å². The smallest absolute Gasteiger partial charge is 0.292 e. The number of rotatable bonds is 5. The van der Waals surface area contributed by atoms with Crippen molar-refractivity contribution < 1.29 is 15.1 Å². The minimum Gasteiger partial charge on any atom is -0.350 e. The van der Waals surface area contributed by atoms with E-state index in [1.165, 1.54) is 13.0 Å². The van der Waals surface area contributed by atoms with Gasteiger partial charge in [0, 0.05) is 24.4 Å². The molecule has 110 valence electrons. The predicted molar refractivity (Wildman–Crippen MR) is 79.3 cm³/mol. The van der Waals surface area contributed by atoms with Gasteiger partial charge in [0.15, 0.2) is 0 Å². The van der Waals surface area contributed by atoms with Crippen LogP contribution in [0.2, 0.25) is 0 Å². The van der Waals surface area contributed by atoms with Gasteiger partial charge in [-0.1, -0.05) is 12.1 Å². The molecule has 0 radical (unpaired) electrons. The third-order valence-electron chi connectivity index (χ3n) is 2.65. The molecular formula is C14H15N3O4. The van der Waals surface area contributed by atoms with Gasteiger partial charge in [0.05, 0.1) is 4.92 Å². The lowest BCUT2D eigenvalue weighted by molar-refractivity contribution is -0.383. The van der Waals surface area contributed by atoms with Crippen LogP contribution in [0.25, 0.3) is 0 Å². The summed E-state index contributed by atoms with van der Waals surface area (Å²) in [7, 11) is 0. The molecule has 0 atom stereocenters. The highest BCUT2D eigenvalue weighted by Gasteiger charge is 2.14. The number of nitrogens with zero attached hydrogens (tertiary/aromatic N) is 1. The average molecular weight is 289 g/mol. The molecular weight excluding hydrogens is 274 g/mol.